The molecule has 0 bridgehead atoms. The smallest absolute Gasteiger partial charge is 0.289 e. The number of hydrogen-bond donors (Lipinski definition) is 0. The van der Waals surface area contributed by atoms with Gasteiger partial charge in [0, 0.05) is 6.54 Å². The quantitative estimate of drug-likeness (QED) is 0.684. The molecule has 1 aromatic carbocycles. The van der Waals surface area contributed by atoms with Crippen LogP contribution in [0.15, 0.2) is 35.3 Å². The molecular formula is C14H10ClFN2OS2. The number of carbonyl (C=O) groups excluding carboxylic acids is 1. The number of nitrogens with zero attached hydrogens (tertiary/aromatic N) is 2. The van der Waals surface area contributed by atoms with Gasteiger partial charge in [0.15, 0.2) is 4.80 Å². The molecule has 0 atom stereocenters. The lowest BCUT2D eigenvalue weighted by molar-refractivity contribution is 0.100. The molecule has 2 aromatic heterocycles. The molecule has 0 aliphatic rings. The van der Waals surface area contributed by atoms with E-state index in [-0.39, 0.29) is 11.7 Å². The third kappa shape index (κ3) is 2.66. The van der Waals surface area contributed by atoms with Crippen LogP contribution in [0.2, 0.25) is 4.34 Å². The summed E-state index contributed by atoms with van der Waals surface area (Å²) in [7, 11) is 0. The first-order valence-electron chi connectivity index (χ1n) is 6.22. The van der Waals surface area contributed by atoms with Gasteiger partial charge in [-0.05, 0) is 31.2 Å². The van der Waals surface area contributed by atoms with Gasteiger partial charge in [0.25, 0.3) is 5.91 Å². The van der Waals surface area contributed by atoms with Gasteiger partial charge in [-0.25, -0.2) is 4.39 Å². The number of rotatable bonds is 2. The second kappa shape index (κ2) is 5.71. The monoisotopic (exact) mass is 340 g/mol. The molecule has 0 aliphatic carbocycles. The molecule has 0 fully saturated rings. The summed E-state index contributed by atoms with van der Waals surface area (Å²) in [5, 5.41) is 0. The highest BCUT2D eigenvalue weighted by molar-refractivity contribution is 7.18. The molecule has 0 aliphatic heterocycles. The van der Waals surface area contributed by atoms with E-state index < -0.39 is 0 Å². The van der Waals surface area contributed by atoms with Crippen LogP contribution < -0.4 is 4.80 Å². The van der Waals surface area contributed by atoms with Gasteiger partial charge in [0.05, 0.1) is 19.4 Å². The van der Waals surface area contributed by atoms with Crippen LogP contribution in [-0.4, -0.2) is 10.5 Å². The zero-order chi connectivity index (χ0) is 15.0. The molecule has 0 saturated heterocycles. The molecule has 7 heteroatoms. The number of fused-ring (bicyclic) bond motifs is 1. The molecule has 3 rings (SSSR count). The Morgan fingerprint density at radius 2 is 2.14 bits per heavy atom. The maximum absolute atomic E-state index is 14.0. The van der Waals surface area contributed by atoms with Crippen molar-refractivity contribution in [1.82, 2.24) is 4.57 Å². The van der Waals surface area contributed by atoms with Crippen molar-refractivity contribution in [2.24, 2.45) is 4.99 Å². The van der Waals surface area contributed by atoms with Crippen LogP contribution in [0.5, 0.6) is 0 Å². The van der Waals surface area contributed by atoms with Crippen LogP contribution in [0, 0.1) is 5.82 Å². The maximum Gasteiger partial charge on any atom is 0.289 e. The average molecular weight is 341 g/mol. The largest absolute Gasteiger partial charge is 0.314 e. The minimum Gasteiger partial charge on any atom is -0.314 e. The molecule has 108 valence electrons. The number of carbonyl (C=O) groups is 1. The summed E-state index contributed by atoms with van der Waals surface area (Å²) in [5.41, 5.74) is 0.487. The van der Waals surface area contributed by atoms with Crippen molar-refractivity contribution in [3.05, 3.63) is 50.2 Å². The molecular weight excluding hydrogens is 331 g/mol. The van der Waals surface area contributed by atoms with Crippen molar-refractivity contribution in [3.63, 3.8) is 0 Å². The predicted octanol–water partition coefficient (Wildman–Crippen LogP) is 4.32. The normalized spacial score (nSPS) is 12.2. The fraction of sp³-hybridized carbons (Fsp3) is 0.143. The lowest BCUT2D eigenvalue weighted by Crippen LogP contribution is -2.16. The minimum absolute atomic E-state index is 0.307. The first-order valence-corrected chi connectivity index (χ1v) is 8.23. The molecule has 3 aromatic rings. The number of hydrogen-bond acceptors (Lipinski definition) is 3. The van der Waals surface area contributed by atoms with E-state index in [0.29, 0.717) is 26.1 Å². The van der Waals surface area contributed by atoms with E-state index >= 15 is 0 Å². The lowest BCUT2D eigenvalue weighted by Gasteiger charge is -2.00. The predicted molar refractivity (Wildman–Crippen MR) is 84.7 cm³/mol. The Kier molecular flexibility index (Phi) is 3.93. The van der Waals surface area contributed by atoms with Crippen molar-refractivity contribution < 1.29 is 9.18 Å². The summed E-state index contributed by atoms with van der Waals surface area (Å²) in [6.07, 6.45) is 0. The van der Waals surface area contributed by atoms with E-state index in [9.17, 15) is 9.18 Å². The highest BCUT2D eigenvalue weighted by Gasteiger charge is 2.12. The van der Waals surface area contributed by atoms with E-state index in [1.54, 1.807) is 22.8 Å². The zero-order valence-electron chi connectivity index (χ0n) is 11.0. The van der Waals surface area contributed by atoms with Crippen LogP contribution in [0.4, 0.5) is 4.39 Å². The summed E-state index contributed by atoms with van der Waals surface area (Å²) in [4.78, 5) is 17.2. The fourth-order valence-corrected chi connectivity index (χ4v) is 4.07. The standard InChI is InChI=1S/C14H10ClFN2OS2/c1-2-18-12-8(16)4-3-5-9(12)21-14(18)17-13(19)10-6-7-11(15)20-10/h3-7H,2H2,1H3. The molecule has 2 heterocycles. The van der Waals surface area contributed by atoms with Gasteiger partial charge in [0.2, 0.25) is 0 Å². The number of thiophene rings is 1. The third-order valence-corrected chi connectivity index (χ3v) is 5.21. The second-order valence-corrected chi connectivity index (χ2v) is 6.96. The second-order valence-electron chi connectivity index (χ2n) is 4.24. The van der Waals surface area contributed by atoms with E-state index in [2.05, 4.69) is 4.99 Å². The van der Waals surface area contributed by atoms with Crippen LogP contribution >= 0.6 is 34.3 Å². The lowest BCUT2D eigenvalue weighted by atomic mass is 10.3. The Bertz CT molecular complexity index is 894. The maximum atomic E-state index is 14.0. The highest BCUT2D eigenvalue weighted by Crippen LogP contribution is 2.23. The number of amides is 1. The van der Waals surface area contributed by atoms with Gasteiger partial charge >= 0.3 is 0 Å². The number of aryl methyl sites for hydroxylation is 1. The van der Waals surface area contributed by atoms with Gasteiger partial charge in [-0.1, -0.05) is 29.0 Å². The number of aromatic nitrogens is 1. The molecule has 0 saturated carbocycles. The molecule has 0 radical (unpaired) electrons. The molecule has 1 amide bonds. The summed E-state index contributed by atoms with van der Waals surface area (Å²) in [5.74, 6) is -0.667. The molecule has 0 N–H and O–H groups in total. The van der Waals surface area contributed by atoms with Crippen LogP contribution in [-0.2, 0) is 6.54 Å². The van der Waals surface area contributed by atoms with E-state index in [1.165, 1.54) is 28.7 Å². The van der Waals surface area contributed by atoms with E-state index in [0.717, 1.165) is 4.70 Å². The Labute approximate surface area is 133 Å². The zero-order valence-corrected chi connectivity index (χ0v) is 13.4. The van der Waals surface area contributed by atoms with Crippen molar-refractivity contribution in [1.29, 1.82) is 0 Å². The SMILES string of the molecule is CCn1c(=NC(=O)c2ccc(Cl)s2)sc2cccc(F)c21. The van der Waals surface area contributed by atoms with Gasteiger partial charge < -0.3 is 4.57 Å². The van der Waals surface area contributed by atoms with Gasteiger partial charge in [-0.3, -0.25) is 4.79 Å². The van der Waals surface area contributed by atoms with Crippen LogP contribution in [0.25, 0.3) is 10.2 Å². The van der Waals surface area contributed by atoms with Crippen LogP contribution in [0.1, 0.15) is 16.6 Å². The number of halogens is 2. The Hall–Kier alpha value is -1.50. The number of thiazole rings is 1. The van der Waals surface area contributed by atoms with Crippen molar-refractivity contribution in [3.8, 4) is 0 Å². The molecule has 21 heavy (non-hydrogen) atoms. The Morgan fingerprint density at radius 3 is 2.81 bits per heavy atom. The summed E-state index contributed by atoms with van der Waals surface area (Å²) < 4.78 is 17.0. The first-order chi connectivity index (χ1) is 10.1. The molecule has 0 unspecified atom stereocenters. The van der Waals surface area contributed by atoms with Crippen LogP contribution in [0.3, 0.4) is 0 Å². The van der Waals surface area contributed by atoms with Gasteiger partial charge in [0.1, 0.15) is 5.82 Å². The minimum atomic E-state index is -0.360. The van der Waals surface area contributed by atoms with E-state index in [4.69, 9.17) is 11.6 Å². The first kappa shape index (κ1) is 14.4. The molecule has 3 nitrogen and oxygen atoms in total. The topological polar surface area (TPSA) is 34.4 Å². The van der Waals surface area contributed by atoms with Crippen molar-refractivity contribution in [2.75, 3.05) is 0 Å². The Morgan fingerprint density at radius 1 is 1.33 bits per heavy atom. The highest BCUT2D eigenvalue weighted by atomic mass is 35.5. The van der Waals surface area contributed by atoms with Gasteiger partial charge in [-0.15, -0.1) is 11.3 Å². The number of para-hydroxylation sites is 1. The molecule has 0 spiro atoms. The Balaban J connectivity index is 2.18. The third-order valence-electron chi connectivity index (χ3n) is 2.95. The fourth-order valence-electron chi connectivity index (χ4n) is 2.04. The average Bonchev–Trinajstić information content (AvgIpc) is 3.03. The van der Waals surface area contributed by atoms with Crippen molar-refractivity contribution in [2.45, 2.75) is 13.5 Å². The number of benzene rings is 1. The van der Waals surface area contributed by atoms with Gasteiger partial charge in [-0.2, -0.15) is 4.99 Å². The summed E-state index contributed by atoms with van der Waals surface area (Å²) in [6.45, 7) is 2.43. The van der Waals surface area contributed by atoms with E-state index in [1.807, 2.05) is 13.0 Å². The summed E-state index contributed by atoms with van der Waals surface area (Å²) >= 11 is 8.31. The summed E-state index contributed by atoms with van der Waals surface area (Å²) in [6, 6.07) is 8.18. The van der Waals surface area contributed by atoms with Crippen molar-refractivity contribution >= 4 is 50.4 Å².